The van der Waals surface area contributed by atoms with Gasteiger partial charge in [-0.05, 0) is 44.1 Å². The van der Waals surface area contributed by atoms with Crippen LogP contribution in [0.2, 0.25) is 0 Å². The summed E-state index contributed by atoms with van der Waals surface area (Å²) in [6, 6.07) is 4.15. The summed E-state index contributed by atoms with van der Waals surface area (Å²) in [6.45, 7) is 3.35. The number of rotatable bonds is 5. The van der Waals surface area contributed by atoms with Crippen LogP contribution < -0.4 is 4.72 Å². The van der Waals surface area contributed by atoms with Crippen molar-refractivity contribution in [3.05, 3.63) is 29.3 Å². The lowest BCUT2D eigenvalue weighted by Crippen LogP contribution is -2.36. The van der Waals surface area contributed by atoms with E-state index in [1.54, 1.807) is 6.07 Å². The van der Waals surface area contributed by atoms with Crippen molar-refractivity contribution >= 4 is 16.0 Å². The first-order valence-corrected chi connectivity index (χ1v) is 8.39. The molecule has 0 aromatic heterocycles. The van der Waals surface area contributed by atoms with Crippen LogP contribution >= 0.6 is 0 Å². The number of nitrogens with zero attached hydrogens (tertiary/aromatic N) is 1. The van der Waals surface area contributed by atoms with E-state index in [4.69, 9.17) is 0 Å². The van der Waals surface area contributed by atoms with E-state index in [1.165, 1.54) is 12.1 Å². The van der Waals surface area contributed by atoms with Crippen molar-refractivity contribution in [2.75, 3.05) is 20.1 Å². The summed E-state index contributed by atoms with van der Waals surface area (Å²) in [4.78, 5) is 13.3. The molecule has 0 aliphatic carbocycles. The second-order valence-corrected chi connectivity index (χ2v) is 7.06. The van der Waals surface area contributed by atoms with Gasteiger partial charge in [0.1, 0.15) is 0 Å². The predicted octanol–water partition coefficient (Wildman–Crippen LogP) is 0.930. The van der Waals surface area contributed by atoms with E-state index in [0.717, 1.165) is 13.0 Å². The van der Waals surface area contributed by atoms with Crippen molar-refractivity contribution in [3.8, 4) is 0 Å². The second-order valence-electron chi connectivity index (χ2n) is 5.35. The van der Waals surface area contributed by atoms with Crippen molar-refractivity contribution in [2.24, 2.45) is 0 Å². The van der Waals surface area contributed by atoms with Crippen LogP contribution in [0, 0.1) is 0 Å². The Labute approximate surface area is 124 Å². The lowest BCUT2D eigenvalue weighted by molar-refractivity contribution is 0.0695. The molecule has 1 unspecified atom stereocenters. The van der Waals surface area contributed by atoms with Crippen LogP contribution in [0.4, 0.5) is 0 Å². The topological polar surface area (TPSA) is 86.7 Å². The number of benzene rings is 1. The highest BCUT2D eigenvalue weighted by Gasteiger charge is 2.26. The van der Waals surface area contributed by atoms with Gasteiger partial charge in [-0.15, -0.1) is 0 Å². The fourth-order valence-corrected chi connectivity index (χ4v) is 3.84. The van der Waals surface area contributed by atoms with Crippen molar-refractivity contribution in [3.63, 3.8) is 0 Å². The molecule has 1 fully saturated rings. The first-order chi connectivity index (χ1) is 9.83. The number of carboxylic acids is 1. The molecule has 2 N–H and O–H groups in total. The molecule has 1 heterocycles. The minimum Gasteiger partial charge on any atom is -0.478 e. The summed E-state index contributed by atoms with van der Waals surface area (Å²) >= 11 is 0. The van der Waals surface area contributed by atoms with Gasteiger partial charge in [0.2, 0.25) is 10.0 Å². The minimum atomic E-state index is -3.69. The van der Waals surface area contributed by atoms with E-state index < -0.39 is 16.0 Å². The van der Waals surface area contributed by atoms with Crippen molar-refractivity contribution in [2.45, 2.75) is 30.7 Å². The van der Waals surface area contributed by atoms with Crippen LogP contribution in [0.15, 0.2) is 23.1 Å². The van der Waals surface area contributed by atoms with Gasteiger partial charge in [-0.2, -0.15) is 0 Å². The molecule has 0 bridgehead atoms. The molecule has 116 valence electrons. The Balaban J connectivity index is 2.27. The molecule has 1 atom stereocenters. The van der Waals surface area contributed by atoms with Crippen molar-refractivity contribution in [1.29, 1.82) is 0 Å². The number of nitrogens with one attached hydrogen (secondary N) is 1. The molecule has 0 saturated carbocycles. The third kappa shape index (κ3) is 3.61. The zero-order valence-electron chi connectivity index (χ0n) is 12.2. The maximum Gasteiger partial charge on any atom is 0.336 e. The lowest BCUT2D eigenvalue weighted by atomic mass is 10.1. The summed E-state index contributed by atoms with van der Waals surface area (Å²) in [5.74, 6) is -1.11. The maximum absolute atomic E-state index is 12.3. The van der Waals surface area contributed by atoms with Gasteiger partial charge in [0.15, 0.2) is 0 Å². The van der Waals surface area contributed by atoms with E-state index in [9.17, 15) is 18.3 Å². The number of aromatic carboxylic acids is 1. The molecule has 1 aromatic rings. The average Bonchev–Trinajstić information content (AvgIpc) is 2.82. The van der Waals surface area contributed by atoms with E-state index in [1.807, 2.05) is 14.0 Å². The average molecular weight is 312 g/mol. The van der Waals surface area contributed by atoms with Gasteiger partial charge in [0, 0.05) is 12.6 Å². The first-order valence-electron chi connectivity index (χ1n) is 6.90. The predicted molar refractivity (Wildman–Crippen MR) is 79.0 cm³/mol. The fourth-order valence-electron chi connectivity index (χ4n) is 2.55. The Hall–Kier alpha value is -1.44. The lowest BCUT2D eigenvalue weighted by Gasteiger charge is -2.14. The molecule has 0 spiro atoms. The van der Waals surface area contributed by atoms with Gasteiger partial charge in [-0.3, -0.25) is 0 Å². The van der Waals surface area contributed by atoms with Crippen LogP contribution in [-0.4, -0.2) is 50.6 Å². The van der Waals surface area contributed by atoms with Gasteiger partial charge in [-0.1, -0.05) is 13.0 Å². The summed E-state index contributed by atoms with van der Waals surface area (Å²) in [7, 11) is -1.75. The second kappa shape index (κ2) is 6.13. The Morgan fingerprint density at radius 1 is 1.48 bits per heavy atom. The summed E-state index contributed by atoms with van der Waals surface area (Å²) in [6.07, 6.45) is 1.30. The van der Waals surface area contributed by atoms with Gasteiger partial charge in [-0.25, -0.2) is 17.9 Å². The quantitative estimate of drug-likeness (QED) is 0.844. The third-order valence-electron chi connectivity index (χ3n) is 3.72. The molecule has 0 amide bonds. The monoisotopic (exact) mass is 312 g/mol. The largest absolute Gasteiger partial charge is 0.478 e. The zero-order chi connectivity index (χ0) is 15.6. The number of likely N-dealkylation sites (tertiary alicyclic amines) is 1. The maximum atomic E-state index is 12.3. The summed E-state index contributed by atoms with van der Waals surface area (Å²) in [5.41, 5.74) is 0.672. The molecule has 0 radical (unpaired) electrons. The third-order valence-corrected chi connectivity index (χ3v) is 5.23. The molecule has 1 aliphatic heterocycles. The van der Waals surface area contributed by atoms with Gasteiger partial charge in [0.25, 0.3) is 0 Å². The molecular formula is C14H20N2O4S. The molecule has 1 aliphatic rings. The number of carboxylic acid groups (broad SMARTS) is 1. The van der Waals surface area contributed by atoms with Crippen molar-refractivity contribution < 1.29 is 18.3 Å². The van der Waals surface area contributed by atoms with E-state index in [-0.39, 0.29) is 16.5 Å². The molecule has 1 aromatic carbocycles. The molecule has 6 nitrogen and oxygen atoms in total. The van der Waals surface area contributed by atoms with Crippen LogP contribution in [0.3, 0.4) is 0 Å². The van der Waals surface area contributed by atoms with Crippen LogP contribution in [0.1, 0.15) is 29.3 Å². The zero-order valence-corrected chi connectivity index (χ0v) is 13.0. The Morgan fingerprint density at radius 3 is 2.71 bits per heavy atom. The Bertz CT molecular complexity index is 642. The van der Waals surface area contributed by atoms with Crippen LogP contribution in [0.5, 0.6) is 0 Å². The number of aryl methyl sites for hydroxylation is 1. The highest BCUT2D eigenvalue weighted by molar-refractivity contribution is 7.89. The smallest absolute Gasteiger partial charge is 0.336 e. The van der Waals surface area contributed by atoms with Gasteiger partial charge >= 0.3 is 5.97 Å². The highest BCUT2D eigenvalue weighted by atomic mass is 32.2. The normalized spacial score (nSPS) is 19.8. The molecule has 21 heavy (non-hydrogen) atoms. The van der Waals surface area contributed by atoms with Gasteiger partial charge < -0.3 is 10.0 Å². The number of carbonyl (C=O) groups is 1. The molecule has 2 rings (SSSR count). The Kier molecular flexibility index (Phi) is 4.65. The molecule has 1 saturated heterocycles. The highest BCUT2D eigenvalue weighted by Crippen LogP contribution is 2.18. The number of hydrogen-bond donors (Lipinski definition) is 2. The summed E-state index contributed by atoms with van der Waals surface area (Å²) in [5, 5.41) is 9.18. The number of hydrogen-bond acceptors (Lipinski definition) is 4. The van der Waals surface area contributed by atoms with E-state index in [2.05, 4.69) is 9.62 Å². The van der Waals surface area contributed by atoms with E-state index >= 15 is 0 Å². The number of sulfonamides is 1. The fraction of sp³-hybridized carbons (Fsp3) is 0.500. The van der Waals surface area contributed by atoms with E-state index in [0.29, 0.717) is 18.5 Å². The summed E-state index contributed by atoms with van der Waals surface area (Å²) < 4.78 is 27.3. The SMILES string of the molecule is CCc1ccc(S(=O)(=O)NC2CCN(C)C2)cc1C(=O)O. The molecule has 7 heteroatoms. The van der Waals surface area contributed by atoms with Crippen LogP contribution in [0.25, 0.3) is 0 Å². The van der Waals surface area contributed by atoms with Gasteiger partial charge in [0.05, 0.1) is 10.5 Å². The van der Waals surface area contributed by atoms with Crippen LogP contribution in [-0.2, 0) is 16.4 Å². The molecular weight excluding hydrogens is 292 g/mol. The Morgan fingerprint density at radius 2 is 2.19 bits per heavy atom. The van der Waals surface area contributed by atoms with Crippen molar-refractivity contribution in [1.82, 2.24) is 9.62 Å². The minimum absolute atomic E-state index is 0.00616. The number of likely N-dealkylation sites (N-methyl/N-ethyl adjacent to an activating group) is 1. The standard InChI is InChI=1S/C14H20N2O4S/c1-3-10-4-5-12(8-13(10)14(17)18)21(19,20)15-11-6-7-16(2)9-11/h4-5,8,11,15H,3,6-7,9H2,1-2H3,(H,17,18). The first kappa shape index (κ1) is 15.9.